The number of carbonyl (C=O) groups is 2. The van der Waals surface area contributed by atoms with Crippen molar-refractivity contribution in [3.8, 4) is 17.2 Å². The number of urea groups is 1. The zero-order valence-electron chi connectivity index (χ0n) is 24.5. The van der Waals surface area contributed by atoms with E-state index >= 15 is 0 Å². The Bertz CT molecular complexity index is 1620. The Kier molecular flexibility index (Phi) is 12.0. The van der Waals surface area contributed by atoms with Crippen LogP contribution in [0.15, 0.2) is 75.4 Å². The third-order valence-corrected chi connectivity index (χ3v) is 7.73. The molecule has 0 fully saturated rings. The molecule has 11 nitrogen and oxygen atoms in total. The molecule has 3 aromatic carbocycles. The topological polar surface area (TPSA) is 140 Å². The molecule has 45 heavy (non-hydrogen) atoms. The highest BCUT2D eigenvalue weighted by molar-refractivity contribution is 14.1. The average Bonchev–Trinajstić information content (AvgIpc) is 3.00. The van der Waals surface area contributed by atoms with Crippen LogP contribution < -0.4 is 30.3 Å². The smallest absolute Gasteiger partial charge is 0.337 e. The minimum absolute atomic E-state index is 0.0277. The molecule has 0 bridgehead atoms. The lowest BCUT2D eigenvalue weighted by Gasteiger charge is -2.28. The number of hydrazone groups is 1. The molecule has 1 heterocycles. The van der Waals surface area contributed by atoms with Gasteiger partial charge in [0.2, 0.25) is 0 Å². The van der Waals surface area contributed by atoms with E-state index < -0.39 is 24.3 Å². The number of aliphatic hydroxyl groups excluding tert-OH is 1. The summed E-state index contributed by atoms with van der Waals surface area (Å²) in [7, 11) is 1.27. The van der Waals surface area contributed by atoms with Crippen LogP contribution in [0, 0.1) is 9.39 Å². The van der Waals surface area contributed by atoms with Crippen molar-refractivity contribution in [2.24, 2.45) is 5.10 Å². The summed E-state index contributed by atoms with van der Waals surface area (Å²) in [6.07, 6.45) is 0.277. The number of methoxy groups -OCH3 is 1. The van der Waals surface area contributed by atoms with E-state index in [9.17, 15) is 19.1 Å². The summed E-state index contributed by atoms with van der Waals surface area (Å²) in [5.41, 5.74) is 4.83. The molecule has 1 aliphatic heterocycles. The predicted molar refractivity (Wildman–Crippen MR) is 177 cm³/mol. The van der Waals surface area contributed by atoms with Gasteiger partial charge in [0.15, 0.2) is 17.7 Å². The van der Waals surface area contributed by atoms with Crippen molar-refractivity contribution in [3.63, 3.8) is 0 Å². The minimum Gasteiger partial charge on any atom is -0.490 e. The molecule has 0 saturated carbocycles. The summed E-state index contributed by atoms with van der Waals surface area (Å²) in [5, 5.41) is 20.0. The van der Waals surface area contributed by atoms with Crippen LogP contribution >= 0.6 is 38.5 Å². The molecule has 1 aliphatic rings. The fourth-order valence-corrected chi connectivity index (χ4v) is 6.11. The van der Waals surface area contributed by atoms with Crippen molar-refractivity contribution >= 4 is 56.7 Å². The van der Waals surface area contributed by atoms with Crippen LogP contribution in [-0.2, 0) is 16.1 Å². The second-order valence-electron chi connectivity index (χ2n) is 9.60. The number of amides is 2. The monoisotopic (exact) mass is 796 g/mol. The number of nitrogens with one attached hydrogen (secondary N) is 3. The van der Waals surface area contributed by atoms with Gasteiger partial charge in [-0.1, -0.05) is 40.2 Å². The van der Waals surface area contributed by atoms with Crippen molar-refractivity contribution < 1.29 is 38.0 Å². The second kappa shape index (κ2) is 15.9. The number of rotatable bonds is 13. The van der Waals surface area contributed by atoms with Crippen molar-refractivity contribution in [1.29, 1.82) is 0 Å². The highest BCUT2D eigenvalue weighted by atomic mass is 127. The molecule has 2 amide bonds. The number of carbonyl (C=O) groups excluding carboxylic acids is 2. The number of halogens is 3. The van der Waals surface area contributed by atoms with Crippen LogP contribution in [0.2, 0.25) is 0 Å². The Morgan fingerprint density at radius 3 is 2.69 bits per heavy atom. The largest absolute Gasteiger partial charge is 0.490 e. The molecule has 4 N–H and O–H groups in total. The number of nitrogens with zero attached hydrogens (tertiary/aromatic N) is 1. The molecule has 0 unspecified atom stereocenters. The molecule has 0 aliphatic carbocycles. The van der Waals surface area contributed by atoms with E-state index in [1.165, 1.54) is 19.4 Å². The van der Waals surface area contributed by atoms with Crippen LogP contribution in [0.5, 0.6) is 17.2 Å². The fourth-order valence-electron chi connectivity index (χ4n) is 4.41. The Morgan fingerprint density at radius 1 is 1.18 bits per heavy atom. The zero-order valence-corrected chi connectivity index (χ0v) is 28.3. The number of ether oxygens (including phenoxy) is 4. The quantitative estimate of drug-likeness (QED) is 0.0602. The lowest BCUT2D eigenvalue weighted by molar-refractivity contribution is -0.136. The third kappa shape index (κ3) is 8.85. The van der Waals surface area contributed by atoms with Gasteiger partial charge in [-0.2, -0.15) is 5.10 Å². The van der Waals surface area contributed by atoms with E-state index in [1.807, 2.05) is 6.07 Å². The Labute approximate surface area is 281 Å². The number of esters is 1. The highest BCUT2D eigenvalue weighted by Gasteiger charge is 2.32. The molecular weight excluding hydrogens is 766 g/mol. The van der Waals surface area contributed by atoms with Crippen LogP contribution in [-0.4, -0.2) is 49.9 Å². The maximum Gasteiger partial charge on any atom is 0.337 e. The number of hydrogen-bond donors (Lipinski definition) is 4. The summed E-state index contributed by atoms with van der Waals surface area (Å²) < 4.78 is 38.1. The van der Waals surface area contributed by atoms with Crippen LogP contribution in [0.4, 0.5) is 9.18 Å². The van der Waals surface area contributed by atoms with Crippen LogP contribution in [0.3, 0.4) is 0 Å². The second-order valence-corrected chi connectivity index (χ2v) is 11.7. The molecule has 3 aromatic rings. The van der Waals surface area contributed by atoms with E-state index in [0.29, 0.717) is 46.2 Å². The minimum atomic E-state index is -1.20. The van der Waals surface area contributed by atoms with Crippen molar-refractivity contribution in [1.82, 2.24) is 16.1 Å². The SMILES string of the molecule is CCOc1cc([C@H]2NC(=O)NC(C)=C2C(=O)OC)ccc1OC[C@H](O)N/N=C/c1cc(Br)cc(I)c1OCc1ccccc1F. The van der Waals surface area contributed by atoms with Gasteiger partial charge in [-0.25, -0.2) is 14.0 Å². The Balaban J connectivity index is 1.43. The molecule has 0 spiro atoms. The maximum absolute atomic E-state index is 14.1. The van der Waals surface area contributed by atoms with Gasteiger partial charge >= 0.3 is 12.0 Å². The van der Waals surface area contributed by atoms with Gasteiger partial charge in [0, 0.05) is 21.3 Å². The number of benzene rings is 3. The Morgan fingerprint density at radius 2 is 1.96 bits per heavy atom. The van der Waals surface area contributed by atoms with Gasteiger partial charge in [0.05, 0.1) is 35.1 Å². The predicted octanol–water partition coefficient (Wildman–Crippen LogP) is 5.29. The molecule has 0 saturated heterocycles. The zero-order chi connectivity index (χ0) is 32.5. The molecule has 0 aromatic heterocycles. The summed E-state index contributed by atoms with van der Waals surface area (Å²) in [6.45, 7) is 3.57. The molecule has 2 atom stereocenters. The summed E-state index contributed by atoms with van der Waals surface area (Å²) in [6, 6.07) is 13.8. The van der Waals surface area contributed by atoms with E-state index in [4.69, 9.17) is 18.9 Å². The van der Waals surface area contributed by atoms with Gasteiger partial charge < -0.3 is 34.7 Å². The van der Waals surface area contributed by atoms with E-state index in [-0.39, 0.29) is 24.6 Å². The average molecular weight is 797 g/mol. The summed E-state index contributed by atoms with van der Waals surface area (Å²) in [4.78, 5) is 24.6. The van der Waals surface area contributed by atoms with Crippen LogP contribution in [0.1, 0.15) is 36.6 Å². The first kappa shape index (κ1) is 34.0. The van der Waals surface area contributed by atoms with Gasteiger partial charge in [0.1, 0.15) is 24.8 Å². The first-order chi connectivity index (χ1) is 21.6. The van der Waals surface area contributed by atoms with Gasteiger partial charge in [-0.05, 0) is 72.3 Å². The number of allylic oxidation sites excluding steroid dienone is 1. The molecule has 0 radical (unpaired) electrons. The van der Waals surface area contributed by atoms with E-state index in [0.717, 1.165) is 8.04 Å². The van der Waals surface area contributed by atoms with E-state index in [2.05, 4.69) is 59.7 Å². The van der Waals surface area contributed by atoms with Gasteiger partial charge in [-0.15, -0.1) is 0 Å². The Hall–Kier alpha value is -3.89. The van der Waals surface area contributed by atoms with Gasteiger partial charge in [0.25, 0.3) is 0 Å². The van der Waals surface area contributed by atoms with Crippen molar-refractivity contribution in [2.45, 2.75) is 32.7 Å². The van der Waals surface area contributed by atoms with Crippen molar-refractivity contribution in [3.05, 3.63) is 96.4 Å². The number of aliphatic hydroxyl groups is 1. The summed E-state index contributed by atoms with van der Waals surface area (Å²) >= 11 is 5.58. The standard InChI is InChI=1S/C31H31BrFIN4O7/c1-4-43-25-12-18(28-27(30(40)42-3)17(2)36-31(41)37-28)9-10-24(25)44-16-26(39)38-35-14-20-11-21(32)13-23(34)29(20)45-15-19-7-5-6-8-22(19)33/h5-14,26,28,38-39H,4,15-16H2,1-3H3,(H2,36,37,41)/b35-14+/t26-,28+/m0/s1. The van der Waals surface area contributed by atoms with Gasteiger partial charge in [-0.3, -0.25) is 5.43 Å². The molecule has 238 valence electrons. The highest BCUT2D eigenvalue weighted by Crippen LogP contribution is 2.35. The first-order valence-electron chi connectivity index (χ1n) is 13.7. The summed E-state index contributed by atoms with van der Waals surface area (Å²) in [5.74, 6) is 0.240. The third-order valence-electron chi connectivity index (χ3n) is 6.47. The molecular formula is C31H31BrFIN4O7. The normalized spacial score (nSPS) is 15.3. The maximum atomic E-state index is 14.1. The van der Waals surface area contributed by atoms with Crippen LogP contribution in [0.25, 0.3) is 0 Å². The molecule has 4 rings (SSSR count). The van der Waals surface area contributed by atoms with Crippen molar-refractivity contribution in [2.75, 3.05) is 20.3 Å². The van der Waals surface area contributed by atoms with E-state index in [1.54, 1.807) is 56.3 Å². The number of hydrogen-bond acceptors (Lipinski definition) is 9. The molecule has 14 heteroatoms. The lowest BCUT2D eigenvalue weighted by Crippen LogP contribution is -2.45. The lowest BCUT2D eigenvalue weighted by atomic mass is 9.95. The first-order valence-corrected chi connectivity index (χ1v) is 15.6. The fraction of sp³-hybridized carbons (Fsp3) is 0.258.